The summed E-state index contributed by atoms with van der Waals surface area (Å²) in [7, 11) is 3.01. The van der Waals surface area contributed by atoms with Crippen LogP contribution in [0, 0.1) is 0 Å². The molecule has 0 amide bonds. The molecule has 0 bridgehead atoms. The fraction of sp³-hybridized carbons (Fsp3) is 0.667. The van der Waals surface area contributed by atoms with Crippen molar-refractivity contribution in [3.05, 3.63) is 12.5 Å². The van der Waals surface area contributed by atoms with Gasteiger partial charge in [0.2, 0.25) is 0 Å². The lowest BCUT2D eigenvalue weighted by Crippen LogP contribution is -1.85. The van der Waals surface area contributed by atoms with E-state index in [-0.39, 0.29) is 13.2 Å². The van der Waals surface area contributed by atoms with E-state index in [4.69, 9.17) is 10.2 Å². The zero-order valence-corrected chi connectivity index (χ0v) is 6.33. The van der Waals surface area contributed by atoms with Crippen LogP contribution in [0.3, 0.4) is 0 Å². The van der Waals surface area contributed by atoms with E-state index in [1.165, 1.54) is 14.2 Å². The summed E-state index contributed by atoms with van der Waals surface area (Å²) in [6.45, 7) is 3.10. The van der Waals surface area contributed by atoms with Crippen molar-refractivity contribution < 1.29 is 19.7 Å². The first-order valence-electron chi connectivity index (χ1n) is 2.71. The predicted molar refractivity (Wildman–Crippen MR) is 37.3 cm³/mol. The van der Waals surface area contributed by atoms with Crippen molar-refractivity contribution in [3.8, 4) is 0 Å². The molecule has 0 aliphatic carbocycles. The zero-order valence-electron chi connectivity index (χ0n) is 6.33. The topological polar surface area (TPSA) is 58.9 Å². The molecule has 0 saturated heterocycles. The lowest BCUT2D eigenvalue weighted by atomic mass is 10.8. The van der Waals surface area contributed by atoms with Crippen LogP contribution in [0.15, 0.2) is 12.5 Å². The van der Waals surface area contributed by atoms with E-state index < -0.39 is 0 Å². The van der Waals surface area contributed by atoms with Crippen molar-refractivity contribution in [1.82, 2.24) is 0 Å². The number of aliphatic hydroxyl groups excluding tert-OH is 2. The Kier molecular flexibility index (Phi) is 13.3. The second-order valence-corrected chi connectivity index (χ2v) is 1.23. The SMILES string of the molecule is C=C(OC)OC.OCCO. The van der Waals surface area contributed by atoms with Gasteiger partial charge in [-0.1, -0.05) is 0 Å². The Morgan fingerprint density at radius 3 is 1.50 bits per heavy atom. The van der Waals surface area contributed by atoms with Crippen molar-refractivity contribution in [1.29, 1.82) is 0 Å². The van der Waals surface area contributed by atoms with Gasteiger partial charge in [0.1, 0.15) is 0 Å². The second-order valence-electron chi connectivity index (χ2n) is 1.23. The molecule has 0 aliphatic heterocycles. The van der Waals surface area contributed by atoms with Crippen LogP contribution >= 0.6 is 0 Å². The molecule has 2 N–H and O–H groups in total. The first kappa shape index (κ1) is 12.0. The van der Waals surface area contributed by atoms with E-state index in [0.717, 1.165) is 0 Å². The van der Waals surface area contributed by atoms with Crippen LogP contribution in [0.5, 0.6) is 0 Å². The minimum atomic E-state index is -0.125. The number of rotatable bonds is 3. The van der Waals surface area contributed by atoms with Gasteiger partial charge in [-0.2, -0.15) is 0 Å². The maximum atomic E-state index is 7.62. The van der Waals surface area contributed by atoms with Gasteiger partial charge >= 0.3 is 0 Å². The highest BCUT2D eigenvalue weighted by Gasteiger charge is 1.77. The Bertz CT molecular complexity index is 64.1. The Hall–Kier alpha value is -0.740. The Morgan fingerprint density at radius 1 is 1.20 bits per heavy atom. The third-order valence-electron chi connectivity index (χ3n) is 0.555. The van der Waals surface area contributed by atoms with Crippen LogP contribution in [0.4, 0.5) is 0 Å². The first-order chi connectivity index (χ1) is 4.72. The van der Waals surface area contributed by atoms with E-state index in [1.54, 1.807) is 0 Å². The highest BCUT2D eigenvalue weighted by molar-refractivity contribution is 4.63. The molecule has 0 aromatic rings. The fourth-order valence-corrected chi connectivity index (χ4v) is 0.0833. The normalized spacial score (nSPS) is 7.20. The highest BCUT2D eigenvalue weighted by atomic mass is 16.7. The number of hydrogen-bond donors (Lipinski definition) is 2. The number of hydrogen-bond acceptors (Lipinski definition) is 4. The molecule has 10 heavy (non-hydrogen) atoms. The summed E-state index contributed by atoms with van der Waals surface area (Å²) < 4.78 is 8.97. The van der Waals surface area contributed by atoms with E-state index in [2.05, 4.69) is 16.1 Å². The van der Waals surface area contributed by atoms with Gasteiger partial charge in [0, 0.05) is 0 Å². The van der Waals surface area contributed by atoms with Gasteiger partial charge in [0.25, 0.3) is 5.95 Å². The molecule has 62 valence electrons. The Morgan fingerprint density at radius 2 is 1.50 bits per heavy atom. The molecule has 0 heterocycles. The molecular formula is C6H14O4. The van der Waals surface area contributed by atoms with Gasteiger partial charge in [-0.05, 0) is 6.58 Å². The standard InChI is InChI=1S/C4H8O2.C2H6O2/c1-4(5-2)6-3;3-1-2-4/h1H2,2-3H3;3-4H,1-2H2. The van der Waals surface area contributed by atoms with Crippen LogP contribution in [0.25, 0.3) is 0 Å². The molecule has 0 atom stereocenters. The van der Waals surface area contributed by atoms with Crippen molar-refractivity contribution in [2.75, 3.05) is 27.4 Å². The summed E-state index contributed by atoms with van der Waals surface area (Å²) >= 11 is 0. The monoisotopic (exact) mass is 150 g/mol. The van der Waals surface area contributed by atoms with Crippen LogP contribution in [-0.2, 0) is 9.47 Å². The molecule has 0 unspecified atom stereocenters. The quantitative estimate of drug-likeness (QED) is 0.543. The van der Waals surface area contributed by atoms with Crippen LogP contribution < -0.4 is 0 Å². The highest BCUT2D eigenvalue weighted by Crippen LogP contribution is 1.85. The smallest absolute Gasteiger partial charge is 0.270 e. The molecule has 0 fully saturated rings. The summed E-state index contributed by atoms with van der Waals surface area (Å²) in [4.78, 5) is 0. The van der Waals surface area contributed by atoms with Crippen LogP contribution in [0.1, 0.15) is 0 Å². The third-order valence-corrected chi connectivity index (χ3v) is 0.555. The van der Waals surface area contributed by atoms with E-state index in [1.807, 2.05) is 0 Å². The Labute approximate surface area is 60.7 Å². The van der Waals surface area contributed by atoms with E-state index in [9.17, 15) is 0 Å². The minimum absolute atomic E-state index is 0.125. The number of methoxy groups -OCH3 is 2. The molecule has 0 aromatic carbocycles. The summed E-state index contributed by atoms with van der Waals surface area (Å²) in [6.07, 6.45) is 0. The molecule has 4 heteroatoms. The largest absolute Gasteiger partial charge is 0.469 e. The van der Waals surface area contributed by atoms with Crippen LogP contribution in [-0.4, -0.2) is 37.6 Å². The summed E-state index contributed by atoms with van der Waals surface area (Å²) in [5.74, 6) is 0.343. The second kappa shape index (κ2) is 11.1. The molecule has 0 aliphatic rings. The van der Waals surface area contributed by atoms with Crippen molar-refractivity contribution in [2.45, 2.75) is 0 Å². The van der Waals surface area contributed by atoms with Crippen LogP contribution in [0.2, 0.25) is 0 Å². The molecule has 4 nitrogen and oxygen atoms in total. The minimum Gasteiger partial charge on any atom is -0.469 e. The maximum Gasteiger partial charge on any atom is 0.270 e. The summed E-state index contributed by atoms with van der Waals surface area (Å²) in [5, 5.41) is 15.2. The van der Waals surface area contributed by atoms with Crippen molar-refractivity contribution in [2.24, 2.45) is 0 Å². The van der Waals surface area contributed by atoms with Crippen molar-refractivity contribution >= 4 is 0 Å². The zero-order chi connectivity index (χ0) is 8.41. The fourth-order valence-electron chi connectivity index (χ4n) is 0.0833. The van der Waals surface area contributed by atoms with Gasteiger partial charge < -0.3 is 19.7 Å². The molecule has 0 aromatic heterocycles. The molecular weight excluding hydrogens is 136 g/mol. The third kappa shape index (κ3) is 15.7. The maximum absolute atomic E-state index is 7.62. The molecule has 0 rings (SSSR count). The van der Waals surface area contributed by atoms with Gasteiger partial charge in [-0.15, -0.1) is 0 Å². The molecule has 0 radical (unpaired) electrons. The van der Waals surface area contributed by atoms with Gasteiger partial charge in [0.15, 0.2) is 0 Å². The van der Waals surface area contributed by atoms with Gasteiger partial charge in [0.05, 0.1) is 27.4 Å². The summed E-state index contributed by atoms with van der Waals surface area (Å²) in [6, 6.07) is 0. The van der Waals surface area contributed by atoms with E-state index in [0.29, 0.717) is 5.95 Å². The van der Waals surface area contributed by atoms with Crippen molar-refractivity contribution in [3.63, 3.8) is 0 Å². The number of aliphatic hydroxyl groups is 2. The van der Waals surface area contributed by atoms with E-state index >= 15 is 0 Å². The lowest BCUT2D eigenvalue weighted by molar-refractivity contribution is 0.0976. The molecule has 0 spiro atoms. The predicted octanol–water partition coefficient (Wildman–Crippen LogP) is -0.279. The Balaban J connectivity index is 0. The average molecular weight is 150 g/mol. The van der Waals surface area contributed by atoms with Gasteiger partial charge in [-0.3, -0.25) is 0 Å². The average Bonchev–Trinajstić information content (AvgIpc) is 2.03. The molecule has 0 saturated carbocycles. The lowest BCUT2D eigenvalue weighted by Gasteiger charge is -1.97. The first-order valence-corrected chi connectivity index (χ1v) is 2.71. The van der Waals surface area contributed by atoms with Gasteiger partial charge in [-0.25, -0.2) is 0 Å². The summed E-state index contributed by atoms with van der Waals surface area (Å²) in [5.41, 5.74) is 0. The number of ether oxygens (including phenoxy) is 2.